The zero-order chi connectivity index (χ0) is 21.8. The predicted octanol–water partition coefficient (Wildman–Crippen LogP) is 4.00. The molecule has 0 aliphatic heterocycles. The van der Waals surface area contributed by atoms with E-state index in [0.717, 1.165) is 10.1 Å². The van der Waals surface area contributed by atoms with Gasteiger partial charge in [-0.25, -0.2) is 0 Å². The molecule has 1 heterocycles. The van der Waals surface area contributed by atoms with E-state index in [9.17, 15) is 25.3 Å². The maximum Gasteiger partial charge on any atom is 0.272 e. The number of hydrogen-bond acceptors (Lipinski definition) is 6. The smallest absolute Gasteiger partial charge is 0.272 e. The van der Waals surface area contributed by atoms with E-state index < -0.39 is 16.5 Å². The van der Waals surface area contributed by atoms with E-state index >= 15 is 0 Å². The summed E-state index contributed by atoms with van der Waals surface area (Å²) in [7, 11) is 0. The Labute approximate surface area is 172 Å². The lowest BCUT2D eigenvalue weighted by Crippen LogP contribution is -2.28. The van der Waals surface area contributed by atoms with Crippen LogP contribution in [0.1, 0.15) is 35.2 Å². The van der Waals surface area contributed by atoms with Crippen LogP contribution in [0.15, 0.2) is 64.4 Å². The van der Waals surface area contributed by atoms with Crippen molar-refractivity contribution in [1.82, 2.24) is 4.57 Å². The topological polar surface area (TPSA) is 122 Å². The number of rotatable bonds is 5. The molecular weight excluding hydrogens is 384 g/mol. The number of nitriles is 1. The van der Waals surface area contributed by atoms with Crippen LogP contribution in [0.4, 0.5) is 11.4 Å². The normalized spacial score (nSPS) is 11.9. The van der Waals surface area contributed by atoms with Gasteiger partial charge in [-0.15, -0.1) is 0 Å². The van der Waals surface area contributed by atoms with Gasteiger partial charge in [0.1, 0.15) is 11.6 Å². The quantitative estimate of drug-likeness (QED) is 0.393. The van der Waals surface area contributed by atoms with E-state index in [1.807, 2.05) is 36.4 Å². The summed E-state index contributed by atoms with van der Waals surface area (Å²) in [5, 5.41) is 31.3. The van der Waals surface area contributed by atoms with E-state index in [2.05, 4.69) is 4.99 Å². The molecule has 150 valence electrons. The summed E-state index contributed by atoms with van der Waals surface area (Å²) in [4.78, 5) is 27.5. The van der Waals surface area contributed by atoms with Crippen molar-refractivity contribution < 1.29 is 10.0 Å². The number of benzene rings is 2. The molecule has 3 aromatic rings. The molecule has 8 heteroatoms. The molecule has 0 saturated carbocycles. The van der Waals surface area contributed by atoms with Crippen molar-refractivity contribution in [2.45, 2.75) is 19.9 Å². The number of aromatic nitrogens is 1. The van der Waals surface area contributed by atoms with Gasteiger partial charge in [-0.1, -0.05) is 36.4 Å². The van der Waals surface area contributed by atoms with Crippen molar-refractivity contribution in [3.05, 3.63) is 97.3 Å². The lowest BCUT2D eigenvalue weighted by atomic mass is 10.0. The Kier molecular flexibility index (Phi) is 5.74. The van der Waals surface area contributed by atoms with E-state index in [1.54, 1.807) is 19.9 Å². The van der Waals surface area contributed by atoms with Crippen LogP contribution < -0.4 is 5.56 Å². The molecule has 0 fully saturated rings. The van der Waals surface area contributed by atoms with Gasteiger partial charge in [0.05, 0.1) is 22.2 Å². The number of aliphatic imine (C=N–C) groups is 1. The van der Waals surface area contributed by atoms with Gasteiger partial charge < -0.3 is 5.11 Å². The van der Waals surface area contributed by atoms with E-state index in [4.69, 9.17) is 0 Å². The minimum absolute atomic E-state index is 0.101. The largest absolute Gasteiger partial charge is 0.494 e. The highest BCUT2D eigenvalue weighted by atomic mass is 16.6. The molecule has 0 aliphatic carbocycles. The molecular formula is C22H18N4O4. The molecule has 0 radical (unpaired) electrons. The third-order valence-corrected chi connectivity index (χ3v) is 4.85. The third-order valence-electron chi connectivity index (χ3n) is 4.85. The Morgan fingerprint density at radius 2 is 1.93 bits per heavy atom. The lowest BCUT2D eigenvalue weighted by Gasteiger charge is -2.20. The number of pyridine rings is 1. The average Bonchev–Trinajstić information content (AvgIpc) is 2.74. The third kappa shape index (κ3) is 3.82. The highest BCUT2D eigenvalue weighted by molar-refractivity contribution is 5.87. The number of nitro groups is 1. The van der Waals surface area contributed by atoms with Crippen molar-refractivity contribution in [3.8, 4) is 11.9 Å². The predicted molar refractivity (Wildman–Crippen MR) is 112 cm³/mol. The zero-order valence-electron chi connectivity index (χ0n) is 16.3. The molecule has 0 amide bonds. The summed E-state index contributed by atoms with van der Waals surface area (Å²) < 4.78 is 1.15. The number of hydrogen-bond donors (Lipinski definition) is 1. The minimum atomic E-state index is -0.601. The molecule has 2 aromatic carbocycles. The molecule has 1 N–H and O–H groups in total. The summed E-state index contributed by atoms with van der Waals surface area (Å²) >= 11 is 0. The fourth-order valence-corrected chi connectivity index (χ4v) is 3.16. The minimum Gasteiger partial charge on any atom is -0.494 e. The molecule has 1 unspecified atom stereocenters. The first kappa shape index (κ1) is 20.5. The number of nitro benzene ring substituents is 1. The second-order valence-electron chi connectivity index (χ2n) is 6.65. The van der Waals surface area contributed by atoms with Crippen molar-refractivity contribution in [1.29, 1.82) is 5.26 Å². The molecule has 3 rings (SSSR count). The molecule has 8 nitrogen and oxygen atoms in total. The van der Waals surface area contributed by atoms with Crippen molar-refractivity contribution >= 4 is 17.6 Å². The maximum absolute atomic E-state index is 12.9. The van der Waals surface area contributed by atoms with Gasteiger partial charge >= 0.3 is 0 Å². The van der Waals surface area contributed by atoms with Crippen LogP contribution in [0.2, 0.25) is 0 Å². The van der Waals surface area contributed by atoms with Gasteiger partial charge in [0.15, 0.2) is 0 Å². The molecule has 1 aromatic heterocycles. The highest BCUT2D eigenvalue weighted by Gasteiger charge is 2.22. The second kappa shape index (κ2) is 8.41. The number of non-ortho nitro benzene ring substituents is 1. The summed E-state index contributed by atoms with van der Waals surface area (Å²) in [6, 6.07) is 16.2. The van der Waals surface area contributed by atoms with Crippen LogP contribution in [0, 0.1) is 28.4 Å². The monoisotopic (exact) mass is 402 g/mol. The summed E-state index contributed by atoms with van der Waals surface area (Å²) in [6.07, 6.45) is 1.30. The molecule has 0 bridgehead atoms. The van der Waals surface area contributed by atoms with Crippen LogP contribution in [0.5, 0.6) is 5.88 Å². The Bertz CT molecular complexity index is 1240. The first-order chi connectivity index (χ1) is 14.3. The Hall–Kier alpha value is -4.25. The van der Waals surface area contributed by atoms with Crippen LogP contribution >= 0.6 is 0 Å². The fraction of sp³-hybridized carbons (Fsp3) is 0.136. The van der Waals surface area contributed by atoms with Crippen molar-refractivity contribution in [2.75, 3.05) is 0 Å². The van der Waals surface area contributed by atoms with Gasteiger partial charge in [0.25, 0.3) is 11.2 Å². The van der Waals surface area contributed by atoms with Crippen LogP contribution in [0.3, 0.4) is 0 Å². The van der Waals surface area contributed by atoms with Crippen molar-refractivity contribution in [2.24, 2.45) is 4.99 Å². The Morgan fingerprint density at radius 3 is 2.57 bits per heavy atom. The highest BCUT2D eigenvalue weighted by Crippen LogP contribution is 2.27. The van der Waals surface area contributed by atoms with Crippen LogP contribution in [-0.4, -0.2) is 20.8 Å². The molecule has 0 aliphatic rings. The maximum atomic E-state index is 12.9. The summed E-state index contributed by atoms with van der Waals surface area (Å²) in [5.41, 5.74) is 0.740. The molecule has 0 spiro atoms. The Morgan fingerprint density at radius 1 is 1.23 bits per heavy atom. The fourth-order valence-electron chi connectivity index (χ4n) is 3.16. The van der Waals surface area contributed by atoms with Gasteiger partial charge in [-0.05, 0) is 31.0 Å². The van der Waals surface area contributed by atoms with Gasteiger partial charge in [0, 0.05) is 18.3 Å². The van der Waals surface area contributed by atoms with E-state index in [0.29, 0.717) is 5.69 Å². The van der Waals surface area contributed by atoms with Crippen molar-refractivity contribution in [3.63, 3.8) is 0 Å². The van der Waals surface area contributed by atoms with Gasteiger partial charge in [-0.3, -0.25) is 24.5 Å². The van der Waals surface area contributed by atoms with E-state index in [-0.39, 0.29) is 28.3 Å². The summed E-state index contributed by atoms with van der Waals surface area (Å²) in [6.45, 7) is 3.29. The number of nitrogens with zero attached hydrogens (tertiary/aromatic N) is 4. The van der Waals surface area contributed by atoms with E-state index in [1.165, 1.54) is 24.4 Å². The molecule has 1 atom stereocenters. The molecule has 30 heavy (non-hydrogen) atoms. The van der Waals surface area contributed by atoms with Gasteiger partial charge in [0.2, 0.25) is 5.88 Å². The molecule has 0 saturated heterocycles. The number of aromatic hydroxyl groups is 1. The zero-order valence-corrected chi connectivity index (χ0v) is 16.3. The van der Waals surface area contributed by atoms with Crippen LogP contribution in [0.25, 0.3) is 0 Å². The average molecular weight is 402 g/mol. The van der Waals surface area contributed by atoms with Crippen LogP contribution in [-0.2, 0) is 0 Å². The first-order valence-corrected chi connectivity index (χ1v) is 9.06. The Balaban J connectivity index is 2.16. The SMILES string of the molecule is Cc1c(C=Nc2cccc([N+](=O)[O-])c2)c(O)n(C(C)c2ccccc2)c(=O)c1C#N. The second-order valence-corrected chi connectivity index (χ2v) is 6.65. The first-order valence-electron chi connectivity index (χ1n) is 9.06. The summed E-state index contributed by atoms with van der Waals surface area (Å²) in [5.74, 6) is -0.331. The lowest BCUT2D eigenvalue weighted by molar-refractivity contribution is -0.384. The van der Waals surface area contributed by atoms with Gasteiger partial charge in [-0.2, -0.15) is 5.26 Å². The standard InChI is InChI=1S/C22H18N4O4/c1-14-19(12-23)21(27)25(15(2)16-7-4-3-5-8-16)22(28)20(14)13-24-17-9-6-10-18(11-17)26(29)30/h3-11,13,15,28H,1-2H3.